The first-order chi connectivity index (χ1) is 8.06. The van der Waals surface area contributed by atoms with Crippen LogP contribution in [-0.4, -0.2) is 5.11 Å². The molecule has 1 atom stereocenters. The Balaban J connectivity index is 2.18. The van der Waals surface area contributed by atoms with Crippen molar-refractivity contribution in [3.8, 4) is 0 Å². The van der Waals surface area contributed by atoms with Crippen molar-refractivity contribution in [3.63, 3.8) is 0 Å². The molecule has 1 aromatic carbocycles. The molecule has 2 rings (SSSR count). The summed E-state index contributed by atoms with van der Waals surface area (Å²) in [7, 11) is 0. The maximum Gasteiger partial charge on any atom is 0.0838 e. The first-order valence-electron chi connectivity index (χ1n) is 5.54. The van der Waals surface area contributed by atoms with Gasteiger partial charge in [-0.05, 0) is 57.9 Å². The minimum Gasteiger partial charge on any atom is -0.388 e. The standard InChI is InChI=1S/C14H15BrOS/c1-9-3-4-10(2)11(5-9)6-13(16)12-7-14(15)17-8-12/h3-5,7-8,13,16H,6H2,1-2H3. The monoisotopic (exact) mass is 310 g/mol. The smallest absolute Gasteiger partial charge is 0.0838 e. The fourth-order valence-corrected chi connectivity index (χ4v) is 3.07. The van der Waals surface area contributed by atoms with Crippen LogP contribution in [-0.2, 0) is 6.42 Å². The zero-order valence-electron chi connectivity index (χ0n) is 9.90. The number of hydrogen-bond donors (Lipinski definition) is 1. The highest BCUT2D eigenvalue weighted by atomic mass is 79.9. The van der Waals surface area contributed by atoms with Gasteiger partial charge in [-0.3, -0.25) is 0 Å². The lowest BCUT2D eigenvalue weighted by Crippen LogP contribution is -2.02. The molecule has 0 fully saturated rings. The molecule has 1 N–H and O–H groups in total. The molecule has 0 saturated carbocycles. The predicted molar refractivity (Wildman–Crippen MR) is 76.6 cm³/mol. The summed E-state index contributed by atoms with van der Waals surface area (Å²) in [6.45, 7) is 4.17. The summed E-state index contributed by atoms with van der Waals surface area (Å²) in [5.41, 5.74) is 4.69. The third-order valence-corrected chi connectivity index (χ3v) is 4.41. The van der Waals surface area contributed by atoms with Gasteiger partial charge in [0.15, 0.2) is 0 Å². The maximum atomic E-state index is 10.2. The van der Waals surface area contributed by atoms with Crippen LogP contribution >= 0.6 is 27.3 Å². The molecule has 0 radical (unpaired) electrons. The van der Waals surface area contributed by atoms with Gasteiger partial charge in [-0.25, -0.2) is 0 Å². The Morgan fingerprint density at radius 3 is 2.71 bits per heavy atom. The highest BCUT2D eigenvalue weighted by Gasteiger charge is 2.11. The van der Waals surface area contributed by atoms with Crippen molar-refractivity contribution in [2.24, 2.45) is 0 Å². The van der Waals surface area contributed by atoms with Crippen molar-refractivity contribution in [3.05, 3.63) is 55.7 Å². The molecule has 0 aliphatic carbocycles. The zero-order valence-corrected chi connectivity index (χ0v) is 12.3. The van der Waals surface area contributed by atoms with E-state index in [1.165, 1.54) is 16.7 Å². The van der Waals surface area contributed by atoms with Crippen LogP contribution in [0.25, 0.3) is 0 Å². The molecule has 0 saturated heterocycles. The molecule has 1 unspecified atom stereocenters. The van der Waals surface area contributed by atoms with Crippen LogP contribution in [0.3, 0.4) is 0 Å². The Hall–Kier alpha value is -0.640. The van der Waals surface area contributed by atoms with Gasteiger partial charge >= 0.3 is 0 Å². The molecule has 1 nitrogen and oxygen atoms in total. The zero-order chi connectivity index (χ0) is 12.4. The second-order valence-corrected chi connectivity index (χ2v) is 6.62. The minimum absolute atomic E-state index is 0.418. The van der Waals surface area contributed by atoms with Crippen LogP contribution in [0.5, 0.6) is 0 Å². The van der Waals surface area contributed by atoms with Gasteiger partial charge in [0.2, 0.25) is 0 Å². The summed E-state index contributed by atoms with van der Waals surface area (Å²) in [6, 6.07) is 8.35. The topological polar surface area (TPSA) is 20.2 Å². The van der Waals surface area contributed by atoms with Gasteiger partial charge in [-0.15, -0.1) is 11.3 Å². The summed E-state index contributed by atoms with van der Waals surface area (Å²) in [6.07, 6.45) is 0.259. The van der Waals surface area contributed by atoms with E-state index in [0.29, 0.717) is 6.42 Å². The number of aliphatic hydroxyl groups excluding tert-OH is 1. The van der Waals surface area contributed by atoms with E-state index in [0.717, 1.165) is 9.35 Å². The fraction of sp³-hybridized carbons (Fsp3) is 0.286. The highest BCUT2D eigenvalue weighted by Crippen LogP contribution is 2.28. The van der Waals surface area contributed by atoms with Crippen molar-refractivity contribution in [2.45, 2.75) is 26.4 Å². The normalized spacial score (nSPS) is 12.7. The first kappa shape index (κ1) is 12.8. The van der Waals surface area contributed by atoms with Gasteiger partial charge in [0.25, 0.3) is 0 Å². The SMILES string of the molecule is Cc1ccc(C)c(CC(O)c2csc(Br)c2)c1. The average molecular weight is 311 g/mol. The van der Waals surface area contributed by atoms with Gasteiger partial charge in [-0.2, -0.15) is 0 Å². The molecule has 17 heavy (non-hydrogen) atoms. The maximum absolute atomic E-state index is 10.2. The quantitative estimate of drug-likeness (QED) is 0.890. The van der Waals surface area contributed by atoms with E-state index in [2.05, 4.69) is 48.0 Å². The van der Waals surface area contributed by atoms with E-state index in [1.807, 2.05) is 11.4 Å². The minimum atomic E-state index is -0.418. The molecule has 0 aliphatic rings. The fourth-order valence-electron chi connectivity index (χ4n) is 1.84. The van der Waals surface area contributed by atoms with Gasteiger partial charge in [-0.1, -0.05) is 23.8 Å². The van der Waals surface area contributed by atoms with Gasteiger partial charge in [0, 0.05) is 6.42 Å². The van der Waals surface area contributed by atoms with Crippen LogP contribution in [0.1, 0.15) is 28.4 Å². The van der Waals surface area contributed by atoms with Gasteiger partial charge in [0.1, 0.15) is 0 Å². The molecule has 0 bridgehead atoms. The van der Waals surface area contributed by atoms with E-state index in [-0.39, 0.29) is 0 Å². The third kappa shape index (κ3) is 3.18. The van der Waals surface area contributed by atoms with Crippen molar-refractivity contribution in [1.29, 1.82) is 0 Å². The predicted octanol–water partition coefficient (Wildman–Crippen LogP) is 4.40. The van der Waals surface area contributed by atoms with Gasteiger partial charge in [0.05, 0.1) is 9.89 Å². The number of hydrogen-bond acceptors (Lipinski definition) is 2. The summed E-state index contributed by atoms with van der Waals surface area (Å²) < 4.78 is 1.06. The number of halogens is 1. The van der Waals surface area contributed by atoms with Crippen LogP contribution in [0.15, 0.2) is 33.4 Å². The van der Waals surface area contributed by atoms with Crippen LogP contribution in [0, 0.1) is 13.8 Å². The van der Waals surface area contributed by atoms with Crippen LogP contribution in [0.2, 0.25) is 0 Å². The number of benzene rings is 1. The first-order valence-corrected chi connectivity index (χ1v) is 7.21. The molecule has 2 aromatic rings. The second kappa shape index (κ2) is 5.34. The van der Waals surface area contributed by atoms with E-state index < -0.39 is 6.10 Å². The molecule has 1 aromatic heterocycles. The number of aryl methyl sites for hydroxylation is 2. The Labute approximate surface area is 114 Å². The molecule has 0 aliphatic heterocycles. The molecule has 90 valence electrons. The van der Waals surface area contributed by atoms with Crippen LogP contribution < -0.4 is 0 Å². The lowest BCUT2D eigenvalue weighted by Gasteiger charge is -2.12. The highest BCUT2D eigenvalue weighted by molar-refractivity contribution is 9.11. The largest absolute Gasteiger partial charge is 0.388 e. The van der Waals surface area contributed by atoms with Crippen molar-refractivity contribution >= 4 is 27.3 Å². The molecule has 3 heteroatoms. The average Bonchev–Trinajstić information content (AvgIpc) is 2.70. The molecule has 0 amide bonds. The number of aliphatic hydroxyl groups is 1. The van der Waals surface area contributed by atoms with Crippen molar-refractivity contribution < 1.29 is 5.11 Å². The van der Waals surface area contributed by atoms with E-state index in [9.17, 15) is 5.11 Å². The van der Waals surface area contributed by atoms with Crippen LogP contribution in [0.4, 0.5) is 0 Å². The van der Waals surface area contributed by atoms with Gasteiger partial charge < -0.3 is 5.11 Å². The van der Waals surface area contributed by atoms with Crippen molar-refractivity contribution in [1.82, 2.24) is 0 Å². The number of rotatable bonds is 3. The summed E-state index contributed by atoms with van der Waals surface area (Å²) in [5, 5.41) is 12.2. The second-order valence-electron chi connectivity index (χ2n) is 4.33. The summed E-state index contributed by atoms with van der Waals surface area (Å²) in [4.78, 5) is 0. The third-order valence-electron chi connectivity index (χ3n) is 2.89. The van der Waals surface area contributed by atoms with E-state index >= 15 is 0 Å². The Bertz CT molecular complexity index is 519. The Morgan fingerprint density at radius 1 is 1.29 bits per heavy atom. The molecular formula is C14H15BrOS. The molecule has 1 heterocycles. The Kier molecular flexibility index (Phi) is 4.02. The lowest BCUT2D eigenvalue weighted by molar-refractivity contribution is 0.178. The van der Waals surface area contributed by atoms with E-state index in [1.54, 1.807) is 11.3 Å². The van der Waals surface area contributed by atoms with Crippen molar-refractivity contribution in [2.75, 3.05) is 0 Å². The molecular weight excluding hydrogens is 296 g/mol. The summed E-state index contributed by atoms with van der Waals surface area (Å²) in [5.74, 6) is 0. The Morgan fingerprint density at radius 2 is 2.06 bits per heavy atom. The summed E-state index contributed by atoms with van der Waals surface area (Å²) >= 11 is 5.03. The van der Waals surface area contributed by atoms with E-state index in [4.69, 9.17) is 0 Å². The number of thiophene rings is 1. The lowest BCUT2D eigenvalue weighted by atomic mass is 9.98. The molecule has 0 spiro atoms.